The number of hydrogen-bond donors (Lipinski definition) is 0. The summed E-state index contributed by atoms with van der Waals surface area (Å²) in [5.74, 6) is 0. The van der Waals surface area contributed by atoms with Crippen molar-refractivity contribution in [2.45, 2.75) is 26.6 Å². The largest absolute Gasteiger partial charge is 0.455 e. The number of benzene rings is 2. The third-order valence-corrected chi connectivity index (χ3v) is 6.55. The minimum absolute atomic E-state index is 0.939. The summed E-state index contributed by atoms with van der Waals surface area (Å²) in [7, 11) is -1.46. The zero-order chi connectivity index (χ0) is 16.9. The molecular weight excluding hydrogens is 310 g/mol. The highest BCUT2D eigenvalue weighted by atomic mass is 28.3. The maximum Gasteiger partial charge on any atom is 0.144 e. The van der Waals surface area contributed by atoms with Gasteiger partial charge in [-0.1, -0.05) is 50.0 Å². The molecule has 0 aliphatic carbocycles. The molecule has 0 saturated heterocycles. The molecule has 120 valence electrons. The fraction of sp³-hybridized carbons (Fsp3) is 0.190. The molecule has 0 aliphatic heterocycles. The normalized spacial score (nSPS) is 12.2. The maximum absolute atomic E-state index is 6.29. The van der Waals surface area contributed by atoms with Gasteiger partial charge in [0.05, 0.1) is 13.8 Å². The molecule has 0 fully saturated rings. The highest BCUT2D eigenvalue weighted by molar-refractivity contribution is 6.90. The van der Waals surface area contributed by atoms with Crippen molar-refractivity contribution in [3.05, 3.63) is 60.3 Å². The van der Waals surface area contributed by atoms with Crippen LogP contribution >= 0.6 is 0 Å². The lowest BCUT2D eigenvalue weighted by atomic mass is 10.1. The SMILES string of the molecule is Cc1ccc(-c2cccc3c2oc2cccc([Si](C)(C)C)c23)nc1. The Hall–Kier alpha value is -2.39. The van der Waals surface area contributed by atoms with Crippen LogP contribution in [0.4, 0.5) is 0 Å². The summed E-state index contributed by atoms with van der Waals surface area (Å²) in [6.45, 7) is 9.20. The number of rotatable bonds is 2. The first kappa shape index (κ1) is 15.2. The third kappa shape index (κ3) is 2.36. The van der Waals surface area contributed by atoms with Crippen LogP contribution in [0.5, 0.6) is 0 Å². The van der Waals surface area contributed by atoms with Crippen LogP contribution in [0.1, 0.15) is 5.56 Å². The van der Waals surface area contributed by atoms with Gasteiger partial charge < -0.3 is 4.42 Å². The zero-order valence-corrected chi connectivity index (χ0v) is 15.6. The predicted molar refractivity (Wildman–Crippen MR) is 105 cm³/mol. The Labute approximate surface area is 143 Å². The van der Waals surface area contributed by atoms with Gasteiger partial charge in [0, 0.05) is 22.5 Å². The van der Waals surface area contributed by atoms with Crippen LogP contribution in [0, 0.1) is 6.92 Å². The van der Waals surface area contributed by atoms with Crippen molar-refractivity contribution in [2.24, 2.45) is 0 Å². The molecule has 0 amide bonds. The van der Waals surface area contributed by atoms with Crippen LogP contribution < -0.4 is 5.19 Å². The Bertz CT molecular complexity index is 1040. The first-order chi connectivity index (χ1) is 11.4. The molecular formula is C21H21NOSi. The summed E-state index contributed by atoms with van der Waals surface area (Å²) in [5, 5.41) is 3.93. The molecule has 2 nitrogen and oxygen atoms in total. The summed E-state index contributed by atoms with van der Waals surface area (Å²) in [6, 6.07) is 17.0. The van der Waals surface area contributed by atoms with Crippen LogP contribution in [-0.4, -0.2) is 13.1 Å². The number of nitrogens with zero attached hydrogens (tertiary/aromatic N) is 1. The molecule has 0 N–H and O–H groups in total. The second-order valence-corrected chi connectivity index (χ2v) is 12.5. The van der Waals surface area contributed by atoms with Gasteiger partial charge in [0.25, 0.3) is 0 Å². The van der Waals surface area contributed by atoms with Gasteiger partial charge in [-0.05, 0) is 35.9 Å². The van der Waals surface area contributed by atoms with E-state index in [1.807, 2.05) is 6.20 Å². The van der Waals surface area contributed by atoms with Gasteiger partial charge in [-0.25, -0.2) is 0 Å². The van der Waals surface area contributed by atoms with E-state index in [9.17, 15) is 0 Å². The average molecular weight is 331 g/mol. The van der Waals surface area contributed by atoms with E-state index < -0.39 is 8.07 Å². The van der Waals surface area contributed by atoms with E-state index in [0.717, 1.165) is 28.0 Å². The van der Waals surface area contributed by atoms with Crippen LogP contribution in [-0.2, 0) is 0 Å². The Balaban J connectivity index is 2.08. The zero-order valence-electron chi connectivity index (χ0n) is 14.6. The lowest BCUT2D eigenvalue weighted by Crippen LogP contribution is -2.37. The second kappa shape index (κ2) is 5.31. The van der Waals surface area contributed by atoms with Crippen molar-refractivity contribution >= 4 is 35.2 Å². The second-order valence-electron chi connectivity index (χ2n) is 7.43. The molecule has 2 aromatic heterocycles. The fourth-order valence-electron chi connectivity index (χ4n) is 3.30. The summed E-state index contributed by atoms with van der Waals surface area (Å²) >= 11 is 0. The molecule has 0 unspecified atom stereocenters. The van der Waals surface area contributed by atoms with Crippen molar-refractivity contribution in [1.29, 1.82) is 0 Å². The smallest absolute Gasteiger partial charge is 0.144 e. The third-order valence-electron chi connectivity index (χ3n) is 4.52. The van der Waals surface area contributed by atoms with Crippen LogP contribution in [0.15, 0.2) is 59.1 Å². The lowest BCUT2D eigenvalue weighted by molar-refractivity contribution is 0.670. The molecule has 4 aromatic rings. The van der Waals surface area contributed by atoms with E-state index in [-0.39, 0.29) is 0 Å². The van der Waals surface area contributed by atoms with Crippen molar-refractivity contribution in [3.63, 3.8) is 0 Å². The van der Waals surface area contributed by atoms with E-state index in [1.165, 1.54) is 16.0 Å². The van der Waals surface area contributed by atoms with E-state index in [0.29, 0.717) is 0 Å². The number of furan rings is 1. The number of hydrogen-bond acceptors (Lipinski definition) is 2. The summed E-state index contributed by atoms with van der Waals surface area (Å²) in [5.41, 5.74) is 5.10. The minimum Gasteiger partial charge on any atom is -0.455 e. The minimum atomic E-state index is -1.46. The van der Waals surface area contributed by atoms with Gasteiger partial charge in [0.15, 0.2) is 0 Å². The molecule has 4 rings (SSSR count). The topological polar surface area (TPSA) is 26.0 Å². The van der Waals surface area contributed by atoms with Crippen molar-refractivity contribution in [2.75, 3.05) is 0 Å². The molecule has 24 heavy (non-hydrogen) atoms. The molecule has 0 saturated carbocycles. The standard InChI is InChI=1S/C21H21NOSi/c1-14-11-12-17(22-13-14)15-7-5-8-16-20-18(23-21(15)16)9-6-10-19(20)24(2,3)4/h5-13H,1-4H3. The van der Waals surface area contributed by atoms with E-state index in [1.54, 1.807) is 0 Å². The van der Waals surface area contributed by atoms with Gasteiger partial charge in [0.2, 0.25) is 0 Å². The average Bonchev–Trinajstić information content (AvgIpc) is 2.93. The monoisotopic (exact) mass is 331 g/mol. The maximum atomic E-state index is 6.29. The Morgan fingerprint density at radius 3 is 2.42 bits per heavy atom. The molecule has 0 spiro atoms. The first-order valence-electron chi connectivity index (χ1n) is 8.33. The van der Waals surface area contributed by atoms with E-state index in [2.05, 4.69) is 80.1 Å². The number of para-hydroxylation sites is 1. The number of aromatic nitrogens is 1. The van der Waals surface area contributed by atoms with Gasteiger partial charge in [-0.3, -0.25) is 4.98 Å². The molecule has 2 aromatic carbocycles. The highest BCUT2D eigenvalue weighted by Crippen LogP contribution is 2.35. The van der Waals surface area contributed by atoms with Crippen LogP contribution in [0.2, 0.25) is 19.6 Å². The molecule has 0 aliphatic rings. The van der Waals surface area contributed by atoms with Gasteiger partial charge in [-0.2, -0.15) is 0 Å². The van der Waals surface area contributed by atoms with Gasteiger partial charge in [0.1, 0.15) is 11.2 Å². The summed E-state index contributed by atoms with van der Waals surface area (Å²) in [6.07, 6.45) is 1.91. The number of pyridine rings is 1. The van der Waals surface area contributed by atoms with Crippen molar-refractivity contribution in [3.8, 4) is 11.3 Å². The van der Waals surface area contributed by atoms with Crippen LogP contribution in [0.25, 0.3) is 33.2 Å². The summed E-state index contributed by atoms with van der Waals surface area (Å²) in [4.78, 5) is 4.59. The van der Waals surface area contributed by atoms with Crippen molar-refractivity contribution in [1.82, 2.24) is 4.98 Å². The first-order valence-corrected chi connectivity index (χ1v) is 11.8. The number of fused-ring (bicyclic) bond motifs is 3. The highest BCUT2D eigenvalue weighted by Gasteiger charge is 2.23. The van der Waals surface area contributed by atoms with Crippen molar-refractivity contribution < 1.29 is 4.42 Å². The van der Waals surface area contributed by atoms with Crippen LogP contribution in [0.3, 0.4) is 0 Å². The van der Waals surface area contributed by atoms with Gasteiger partial charge in [-0.15, -0.1) is 0 Å². The fourth-order valence-corrected chi connectivity index (χ4v) is 4.91. The summed E-state index contributed by atoms with van der Waals surface area (Å²) < 4.78 is 6.29. The Morgan fingerprint density at radius 2 is 1.71 bits per heavy atom. The Kier molecular flexibility index (Phi) is 3.36. The van der Waals surface area contributed by atoms with E-state index in [4.69, 9.17) is 4.42 Å². The molecule has 2 heterocycles. The molecule has 0 bridgehead atoms. The predicted octanol–water partition coefficient (Wildman–Crippen LogP) is 5.50. The van der Waals surface area contributed by atoms with Gasteiger partial charge >= 0.3 is 0 Å². The Morgan fingerprint density at radius 1 is 0.917 bits per heavy atom. The molecule has 0 radical (unpaired) electrons. The lowest BCUT2D eigenvalue weighted by Gasteiger charge is -2.17. The number of aryl methyl sites for hydroxylation is 1. The quantitative estimate of drug-likeness (QED) is 0.453. The molecule has 3 heteroatoms. The molecule has 0 atom stereocenters. The van der Waals surface area contributed by atoms with E-state index >= 15 is 0 Å².